The summed E-state index contributed by atoms with van der Waals surface area (Å²) >= 11 is 0. The maximum atomic E-state index is 12.5. The second kappa shape index (κ2) is 8.34. The molecule has 0 aliphatic carbocycles. The molecule has 1 saturated heterocycles. The molecule has 1 heterocycles. The molecule has 29 heavy (non-hydrogen) atoms. The van der Waals surface area contributed by atoms with Gasteiger partial charge in [-0.2, -0.15) is 0 Å². The molecule has 2 aromatic rings. The van der Waals surface area contributed by atoms with Crippen LogP contribution in [-0.4, -0.2) is 46.1 Å². The normalized spacial score (nSPS) is 14.8. The van der Waals surface area contributed by atoms with Crippen molar-refractivity contribution in [3.8, 4) is 17.2 Å². The molecule has 150 valence electrons. The second-order valence-corrected chi connectivity index (χ2v) is 6.13. The molecule has 0 spiro atoms. The van der Waals surface area contributed by atoms with Gasteiger partial charge in [0.2, 0.25) is 5.91 Å². The van der Waals surface area contributed by atoms with Gasteiger partial charge in [-0.1, -0.05) is 6.07 Å². The van der Waals surface area contributed by atoms with Gasteiger partial charge in [0.05, 0.1) is 6.61 Å². The first-order chi connectivity index (χ1) is 13.9. The van der Waals surface area contributed by atoms with Crippen LogP contribution in [0, 0.1) is 0 Å². The Hall–Kier alpha value is -4.01. The van der Waals surface area contributed by atoms with Gasteiger partial charge in [-0.3, -0.25) is 9.59 Å². The van der Waals surface area contributed by atoms with Crippen molar-refractivity contribution in [2.75, 3.05) is 18.5 Å². The zero-order valence-corrected chi connectivity index (χ0v) is 15.5. The summed E-state index contributed by atoms with van der Waals surface area (Å²) in [6, 6.07) is 9.58. The third-order valence-electron chi connectivity index (χ3n) is 4.01. The Morgan fingerprint density at radius 2 is 1.90 bits per heavy atom. The Labute approximate surface area is 166 Å². The molecule has 0 aromatic heterocycles. The third-order valence-corrected chi connectivity index (χ3v) is 4.01. The van der Waals surface area contributed by atoms with Crippen molar-refractivity contribution >= 4 is 29.6 Å². The number of urea groups is 1. The quantitative estimate of drug-likeness (QED) is 0.335. The standard InChI is InChI=1S/C20H19N3O6/c1-2-29-17-10-12(3-8-16(17)25)9-15-19(27)23(20(28)22-15)11-18(26)21-13-4-6-14(24)7-5-13/h3-10,24-25H,2,11H2,1H3,(H,21,26)(H,22,28)/b15-9-. The lowest BCUT2D eigenvalue weighted by Crippen LogP contribution is -2.38. The van der Waals surface area contributed by atoms with E-state index in [0.717, 1.165) is 4.90 Å². The number of nitrogens with one attached hydrogen (secondary N) is 2. The van der Waals surface area contributed by atoms with E-state index in [9.17, 15) is 24.6 Å². The maximum absolute atomic E-state index is 12.5. The molecule has 3 rings (SSSR count). The first kappa shape index (κ1) is 19.7. The van der Waals surface area contributed by atoms with Crippen molar-refractivity contribution in [2.45, 2.75) is 6.92 Å². The number of amides is 4. The van der Waals surface area contributed by atoms with E-state index in [4.69, 9.17) is 4.74 Å². The summed E-state index contributed by atoms with van der Waals surface area (Å²) in [6.45, 7) is 1.65. The van der Waals surface area contributed by atoms with Crippen LogP contribution in [0.4, 0.5) is 10.5 Å². The zero-order chi connectivity index (χ0) is 21.0. The number of hydrogen-bond donors (Lipinski definition) is 4. The number of rotatable bonds is 6. The minimum absolute atomic E-state index is 0.000529. The molecule has 0 radical (unpaired) electrons. The van der Waals surface area contributed by atoms with Crippen LogP contribution in [0.15, 0.2) is 48.2 Å². The van der Waals surface area contributed by atoms with Crippen molar-refractivity contribution in [3.63, 3.8) is 0 Å². The molecule has 1 aliphatic heterocycles. The Bertz CT molecular complexity index is 984. The molecular formula is C20H19N3O6. The Kier molecular flexibility index (Phi) is 5.68. The van der Waals surface area contributed by atoms with E-state index in [-0.39, 0.29) is 22.9 Å². The van der Waals surface area contributed by atoms with Crippen LogP contribution in [0.3, 0.4) is 0 Å². The SMILES string of the molecule is CCOc1cc(/C=C2\NC(=O)N(CC(=O)Nc3ccc(O)cc3)C2=O)ccc1O. The van der Waals surface area contributed by atoms with E-state index in [1.165, 1.54) is 42.5 Å². The molecule has 9 nitrogen and oxygen atoms in total. The predicted molar refractivity (Wildman–Crippen MR) is 104 cm³/mol. The van der Waals surface area contributed by atoms with Crippen molar-refractivity contribution < 1.29 is 29.3 Å². The molecule has 1 fully saturated rings. The monoisotopic (exact) mass is 397 g/mol. The van der Waals surface area contributed by atoms with E-state index in [2.05, 4.69) is 10.6 Å². The number of anilines is 1. The van der Waals surface area contributed by atoms with Gasteiger partial charge in [-0.15, -0.1) is 0 Å². The summed E-state index contributed by atoms with van der Waals surface area (Å²) in [6.07, 6.45) is 1.43. The molecule has 0 unspecified atom stereocenters. The van der Waals surface area contributed by atoms with Gasteiger partial charge in [0.25, 0.3) is 5.91 Å². The van der Waals surface area contributed by atoms with Gasteiger partial charge in [0.1, 0.15) is 18.0 Å². The van der Waals surface area contributed by atoms with Crippen LogP contribution in [0.5, 0.6) is 17.2 Å². The highest BCUT2D eigenvalue weighted by Crippen LogP contribution is 2.28. The Morgan fingerprint density at radius 3 is 2.59 bits per heavy atom. The summed E-state index contributed by atoms with van der Waals surface area (Å²) < 4.78 is 5.30. The van der Waals surface area contributed by atoms with E-state index in [1.807, 2.05) is 0 Å². The lowest BCUT2D eigenvalue weighted by Gasteiger charge is -2.12. The summed E-state index contributed by atoms with van der Waals surface area (Å²) in [7, 11) is 0. The fourth-order valence-corrected chi connectivity index (χ4v) is 2.66. The van der Waals surface area contributed by atoms with Crippen molar-refractivity contribution in [3.05, 3.63) is 53.7 Å². The summed E-state index contributed by atoms with van der Waals surface area (Å²) in [5.41, 5.74) is 0.953. The molecule has 0 bridgehead atoms. The predicted octanol–water partition coefficient (Wildman–Crippen LogP) is 2.03. The number of nitrogens with zero attached hydrogens (tertiary/aromatic N) is 1. The summed E-state index contributed by atoms with van der Waals surface area (Å²) in [5.74, 6) is -0.953. The number of carbonyl (C=O) groups is 3. The van der Waals surface area contributed by atoms with E-state index >= 15 is 0 Å². The number of ether oxygens (including phenoxy) is 1. The fourth-order valence-electron chi connectivity index (χ4n) is 2.66. The maximum Gasteiger partial charge on any atom is 0.329 e. The van der Waals surface area contributed by atoms with Crippen LogP contribution in [0.2, 0.25) is 0 Å². The second-order valence-electron chi connectivity index (χ2n) is 6.13. The third kappa shape index (κ3) is 4.64. The van der Waals surface area contributed by atoms with Crippen LogP contribution in [0.25, 0.3) is 6.08 Å². The van der Waals surface area contributed by atoms with E-state index in [1.54, 1.807) is 13.0 Å². The van der Waals surface area contributed by atoms with Crippen LogP contribution < -0.4 is 15.4 Å². The van der Waals surface area contributed by atoms with Crippen molar-refractivity contribution in [1.82, 2.24) is 10.2 Å². The topological polar surface area (TPSA) is 128 Å². The number of phenols is 2. The largest absolute Gasteiger partial charge is 0.508 e. The number of benzene rings is 2. The molecule has 0 saturated carbocycles. The van der Waals surface area contributed by atoms with Crippen LogP contribution in [-0.2, 0) is 9.59 Å². The minimum Gasteiger partial charge on any atom is -0.508 e. The molecule has 4 amide bonds. The highest BCUT2D eigenvalue weighted by atomic mass is 16.5. The fraction of sp³-hybridized carbons (Fsp3) is 0.150. The van der Waals surface area contributed by atoms with Crippen LogP contribution in [0.1, 0.15) is 12.5 Å². The number of carbonyl (C=O) groups excluding carboxylic acids is 3. The average Bonchev–Trinajstić information content (AvgIpc) is 2.94. The molecule has 1 aliphatic rings. The smallest absolute Gasteiger partial charge is 0.329 e. The summed E-state index contributed by atoms with van der Waals surface area (Å²) in [5, 5.41) is 24.0. The molecular weight excluding hydrogens is 378 g/mol. The highest BCUT2D eigenvalue weighted by molar-refractivity contribution is 6.15. The van der Waals surface area contributed by atoms with Gasteiger partial charge in [0, 0.05) is 5.69 Å². The lowest BCUT2D eigenvalue weighted by molar-refractivity contribution is -0.127. The van der Waals surface area contributed by atoms with Gasteiger partial charge < -0.3 is 25.6 Å². The number of phenolic OH excluding ortho intramolecular Hbond substituents is 2. The minimum atomic E-state index is -0.717. The van der Waals surface area contributed by atoms with Gasteiger partial charge in [-0.25, -0.2) is 9.69 Å². The summed E-state index contributed by atoms with van der Waals surface area (Å²) in [4.78, 5) is 37.6. The van der Waals surface area contributed by atoms with Gasteiger partial charge in [0.15, 0.2) is 11.5 Å². The highest BCUT2D eigenvalue weighted by Gasteiger charge is 2.34. The average molecular weight is 397 g/mol. The molecule has 4 N–H and O–H groups in total. The molecule has 9 heteroatoms. The Balaban J connectivity index is 1.70. The van der Waals surface area contributed by atoms with E-state index < -0.39 is 24.4 Å². The molecule has 2 aromatic carbocycles. The first-order valence-electron chi connectivity index (χ1n) is 8.76. The zero-order valence-electron chi connectivity index (χ0n) is 15.5. The molecule has 0 atom stereocenters. The lowest BCUT2D eigenvalue weighted by atomic mass is 10.1. The number of aromatic hydroxyl groups is 2. The van der Waals surface area contributed by atoms with Gasteiger partial charge >= 0.3 is 6.03 Å². The van der Waals surface area contributed by atoms with Gasteiger partial charge in [-0.05, 0) is 55.0 Å². The number of imide groups is 1. The van der Waals surface area contributed by atoms with Crippen molar-refractivity contribution in [2.24, 2.45) is 0 Å². The number of hydrogen-bond acceptors (Lipinski definition) is 6. The van der Waals surface area contributed by atoms with Crippen LogP contribution >= 0.6 is 0 Å². The van der Waals surface area contributed by atoms with Crippen molar-refractivity contribution in [1.29, 1.82) is 0 Å². The Morgan fingerprint density at radius 1 is 1.17 bits per heavy atom. The van der Waals surface area contributed by atoms with E-state index in [0.29, 0.717) is 17.9 Å². The first-order valence-corrected chi connectivity index (χ1v) is 8.76.